The zero-order valence-electron chi connectivity index (χ0n) is 22.1. The molecule has 1 atom stereocenters. The van der Waals surface area contributed by atoms with Gasteiger partial charge in [-0.05, 0) is 73.0 Å². The van der Waals surface area contributed by atoms with Crippen LogP contribution in [-0.4, -0.2) is 54.6 Å². The number of aryl methyl sites for hydroxylation is 1. The minimum atomic E-state index is -0.202. The second kappa shape index (κ2) is 11.5. The Labute approximate surface area is 227 Å². The summed E-state index contributed by atoms with van der Waals surface area (Å²) in [7, 11) is 0. The summed E-state index contributed by atoms with van der Waals surface area (Å²) in [6, 6.07) is 15.0. The maximum atomic E-state index is 13.8. The van der Waals surface area contributed by atoms with Crippen molar-refractivity contribution in [2.24, 2.45) is 5.92 Å². The maximum Gasteiger partial charge on any atom is 0.254 e. The highest BCUT2D eigenvalue weighted by molar-refractivity contribution is 7.10. The van der Waals surface area contributed by atoms with Gasteiger partial charge >= 0.3 is 0 Å². The van der Waals surface area contributed by atoms with Gasteiger partial charge in [0.2, 0.25) is 12.7 Å². The summed E-state index contributed by atoms with van der Waals surface area (Å²) in [4.78, 5) is 32.2. The van der Waals surface area contributed by atoms with Crippen LogP contribution >= 0.6 is 11.3 Å². The number of amides is 2. The van der Waals surface area contributed by atoms with Crippen LogP contribution in [0.4, 0.5) is 0 Å². The lowest BCUT2D eigenvalue weighted by atomic mass is 10.00. The second-order valence-electron chi connectivity index (χ2n) is 10.3. The highest BCUT2D eigenvalue weighted by Crippen LogP contribution is 2.35. The Bertz CT molecular complexity index is 1290. The fraction of sp³-hybridized carbons (Fsp3) is 0.400. The summed E-state index contributed by atoms with van der Waals surface area (Å²) < 4.78 is 17.0. The topological polar surface area (TPSA) is 68.3 Å². The molecule has 3 heterocycles. The summed E-state index contributed by atoms with van der Waals surface area (Å²) in [5.41, 5.74) is 2.79. The van der Waals surface area contributed by atoms with Crippen molar-refractivity contribution < 1.29 is 23.8 Å². The van der Waals surface area contributed by atoms with Gasteiger partial charge in [0.1, 0.15) is 18.9 Å². The van der Waals surface area contributed by atoms with E-state index in [1.165, 1.54) is 10.4 Å². The molecular weight excluding hydrogens is 500 g/mol. The first-order chi connectivity index (χ1) is 18.4. The van der Waals surface area contributed by atoms with E-state index in [-0.39, 0.29) is 31.2 Å². The molecule has 2 aliphatic rings. The first kappa shape index (κ1) is 26.1. The summed E-state index contributed by atoms with van der Waals surface area (Å²) in [5.74, 6) is 2.11. The zero-order valence-corrected chi connectivity index (χ0v) is 23.0. The SMILES string of the molecule is Cc1ccc(OC[C@@H]2c3ccsc3CCN2C(=O)CN(CCC(C)C)C(=O)c2ccc3c(c2)OCO3)cc1. The van der Waals surface area contributed by atoms with E-state index in [2.05, 4.69) is 25.3 Å². The van der Waals surface area contributed by atoms with E-state index in [0.717, 1.165) is 24.2 Å². The summed E-state index contributed by atoms with van der Waals surface area (Å²) in [6.45, 7) is 7.90. The molecule has 0 bridgehead atoms. The zero-order chi connectivity index (χ0) is 26.6. The Balaban J connectivity index is 1.34. The second-order valence-corrected chi connectivity index (χ2v) is 11.3. The smallest absolute Gasteiger partial charge is 0.254 e. The van der Waals surface area contributed by atoms with Crippen molar-refractivity contribution in [3.05, 3.63) is 75.5 Å². The van der Waals surface area contributed by atoms with E-state index in [1.54, 1.807) is 34.4 Å². The molecule has 0 spiro atoms. The lowest BCUT2D eigenvalue weighted by Crippen LogP contribution is -2.48. The third kappa shape index (κ3) is 5.80. The molecule has 0 saturated heterocycles. The predicted molar refractivity (Wildman–Crippen MR) is 147 cm³/mol. The summed E-state index contributed by atoms with van der Waals surface area (Å²) >= 11 is 1.72. The maximum absolute atomic E-state index is 13.8. The molecule has 2 aromatic carbocycles. The van der Waals surface area contributed by atoms with Crippen LogP contribution in [0.2, 0.25) is 0 Å². The molecule has 5 rings (SSSR count). The van der Waals surface area contributed by atoms with Crippen LogP contribution < -0.4 is 14.2 Å². The van der Waals surface area contributed by atoms with Crippen LogP contribution in [0.5, 0.6) is 17.2 Å². The van der Waals surface area contributed by atoms with Crippen LogP contribution in [0.15, 0.2) is 53.9 Å². The van der Waals surface area contributed by atoms with Crippen molar-refractivity contribution in [1.29, 1.82) is 0 Å². The third-order valence-electron chi connectivity index (χ3n) is 7.05. The Morgan fingerprint density at radius 3 is 2.68 bits per heavy atom. The van der Waals surface area contributed by atoms with Crippen LogP contribution in [0.25, 0.3) is 0 Å². The van der Waals surface area contributed by atoms with Gasteiger partial charge in [-0.15, -0.1) is 11.3 Å². The van der Waals surface area contributed by atoms with E-state index < -0.39 is 0 Å². The van der Waals surface area contributed by atoms with Gasteiger partial charge in [0, 0.05) is 23.5 Å². The number of hydrogen-bond donors (Lipinski definition) is 0. The number of rotatable bonds is 9. The highest BCUT2D eigenvalue weighted by Gasteiger charge is 2.34. The molecule has 7 nitrogen and oxygen atoms in total. The highest BCUT2D eigenvalue weighted by atomic mass is 32.1. The number of fused-ring (bicyclic) bond motifs is 2. The van der Waals surface area contributed by atoms with Gasteiger partial charge in [0.25, 0.3) is 5.91 Å². The summed E-state index contributed by atoms with van der Waals surface area (Å²) in [5, 5.41) is 2.08. The van der Waals surface area contributed by atoms with Crippen molar-refractivity contribution >= 4 is 23.2 Å². The van der Waals surface area contributed by atoms with Gasteiger partial charge in [-0.25, -0.2) is 0 Å². The molecule has 38 heavy (non-hydrogen) atoms. The fourth-order valence-corrected chi connectivity index (χ4v) is 5.75. The van der Waals surface area contributed by atoms with Crippen molar-refractivity contribution in [2.45, 2.75) is 39.7 Å². The molecule has 0 fully saturated rings. The number of benzene rings is 2. The van der Waals surface area contributed by atoms with E-state index in [9.17, 15) is 9.59 Å². The largest absolute Gasteiger partial charge is 0.491 e. The summed E-state index contributed by atoms with van der Waals surface area (Å²) in [6.07, 6.45) is 1.61. The van der Waals surface area contributed by atoms with Crippen molar-refractivity contribution in [3.63, 3.8) is 0 Å². The number of thiophene rings is 1. The minimum absolute atomic E-state index is 0.0144. The number of nitrogens with zero attached hydrogens (tertiary/aromatic N) is 2. The Morgan fingerprint density at radius 1 is 1.11 bits per heavy atom. The molecule has 0 aliphatic carbocycles. The Kier molecular flexibility index (Phi) is 7.88. The molecule has 2 aliphatic heterocycles. The van der Waals surface area contributed by atoms with Crippen LogP contribution in [0, 0.1) is 12.8 Å². The van der Waals surface area contributed by atoms with Gasteiger partial charge in [-0.1, -0.05) is 31.5 Å². The average molecular weight is 535 g/mol. The van der Waals surface area contributed by atoms with Gasteiger partial charge in [-0.3, -0.25) is 9.59 Å². The molecule has 2 amide bonds. The average Bonchev–Trinajstić information content (AvgIpc) is 3.59. The van der Waals surface area contributed by atoms with Crippen molar-refractivity contribution in [1.82, 2.24) is 9.80 Å². The molecule has 3 aromatic rings. The fourth-order valence-electron chi connectivity index (χ4n) is 4.82. The Hall–Kier alpha value is -3.52. The van der Waals surface area contributed by atoms with E-state index in [1.807, 2.05) is 36.1 Å². The molecule has 200 valence electrons. The van der Waals surface area contributed by atoms with Gasteiger partial charge in [-0.2, -0.15) is 0 Å². The molecule has 1 aromatic heterocycles. The van der Waals surface area contributed by atoms with Crippen LogP contribution in [0.1, 0.15) is 52.7 Å². The first-order valence-electron chi connectivity index (χ1n) is 13.1. The molecule has 0 saturated carbocycles. The van der Waals surface area contributed by atoms with Crippen LogP contribution in [-0.2, 0) is 11.2 Å². The standard InChI is InChI=1S/C30H34N2O5S/c1-20(2)10-13-31(30(34)22-6-9-26-27(16-22)37-19-36-26)17-29(33)32-14-11-28-24(12-15-38-28)25(32)18-35-23-7-4-21(3)5-8-23/h4-9,12,15-16,20,25H,10-11,13-14,17-19H2,1-3H3/t25-/m1/s1. The van der Waals surface area contributed by atoms with Crippen molar-refractivity contribution in [2.75, 3.05) is 33.0 Å². The van der Waals surface area contributed by atoms with Gasteiger partial charge in [0.05, 0.1) is 6.04 Å². The normalized spacial score (nSPS) is 15.9. The number of carbonyl (C=O) groups is 2. The van der Waals surface area contributed by atoms with E-state index in [0.29, 0.717) is 42.7 Å². The van der Waals surface area contributed by atoms with E-state index >= 15 is 0 Å². The monoisotopic (exact) mass is 534 g/mol. The predicted octanol–water partition coefficient (Wildman–Crippen LogP) is 5.48. The molecular formula is C30H34N2O5S. The molecule has 8 heteroatoms. The third-order valence-corrected chi connectivity index (χ3v) is 8.05. The minimum Gasteiger partial charge on any atom is -0.491 e. The first-order valence-corrected chi connectivity index (χ1v) is 14.0. The number of ether oxygens (including phenoxy) is 3. The lowest BCUT2D eigenvalue weighted by Gasteiger charge is -2.37. The number of carbonyl (C=O) groups excluding carboxylic acids is 2. The molecule has 0 radical (unpaired) electrons. The molecule has 0 unspecified atom stereocenters. The Morgan fingerprint density at radius 2 is 1.89 bits per heavy atom. The van der Waals surface area contributed by atoms with Crippen molar-refractivity contribution in [3.8, 4) is 17.2 Å². The van der Waals surface area contributed by atoms with Crippen LogP contribution in [0.3, 0.4) is 0 Å². The van der Waals surface area contributed by atoms with Gasteiger partial charge < -0.3 is 24.0 Å². The van der Waals surface area contributed by atoms with E-state index in [4.69, 9.17) is 14.2 Å². The van der Waals surface area contributed by atoms with Gasteiger partial charge in [0.15, 0.2) is 11.5 Å². The lowest BCUT2D eigenvalue weighted by molar-refractivity contribution is -0.135. The molecule has 0 N–H and O–H groups in total. The number of hydrogen-bond acceptors (Lipinski definition) is 6. The quantitative estimate of drug-likeness (QED) is 0.364.